The van der Waals surface area contributed by atoms with Crippen LogP contribution in [0.15, 0.2) is 23.1 Å². The van der Waals surface area contributed by atoms with Crippen molar-refractivity contribution in [2.24, 2.45) is 11.5 Å². The van der Waals surface area contributed by atoms with Gasteiger partial charge in [-0.1, -0.05) is 12.1 Å². The third-order valence-electron chi connectivity index (χ3n) is 1.45. The molecule has 8 nitrogen and oxygen atoms in total. The molecule has 1 aromatic rings. The first-order chi connectivity index (χ1) is 8.16. The molecule has 0 saturated heterocycles. The number of aromatic hydroxyl groups is 1. The van der Waals surface area contributed by atoms with Crippen LogP contribution in [0.3, 0.4) is 0 Å². The number of aryl methyl sites for hydroxylation is 1. The zero-order chi connectivity index (χ0) is 14.9. The Bertz CT molecular complexity index is 476. The molecule has 0 heterocycles. The Kier molecular flexibility index (Phi) is 8.14. The van der Waals surface area contributed by atoms with Gasteiger partial charge in [0.2, 0.25) is 0 Å². The van der Waals surface area contributed by atoms with Crippen molar-refractivity contribution < 1.29 is 27.7 Å². The number of phenolic OH excluding ortho intramolecular Hbond substituents is 1. The molecule has 0 atom stereocenters. The summed E-state index contributed by atoms with van der Waals surface area (Å²) in [5.74, 6) is -0.433. The highest BCUT2D eigenvalue weighted by atomic mass is 32.2. The van der Waals surface area contributed by atoms with Gasteiger partial charge in [-0.05, 0) is 18.6 Å². The normalized spacial score (nSPS) is 9.22. The summed E-state index contributed by atoms with van der Waals surface area (Å²) in [6, 6.07) is 3.36. The largest absolute Gasteiger partial charge is 0.506 e. The fourth-order valence-corrected chi connectivity index (χ4v) is 1.78. The third-order valence-corrected chi connectivity index (χ3v) is 2.50. The number of carbonyl (C=O) groups is 2. The third kappa shape index (κ3) is 7.19. The smallest absolute Gasteiger partial charge is 0.309 e. The van der Waals surface area contributed by atoms with E-state index in [-0.39, 0.29) is 0 Å². The van der Waals surface area contributed by atoms with Crippen LogP contribution in [0.1, 0.15) is 5.56 Å². The molecule has 102 valence electrons. The molecule has 0 aliphatic rings. The lowest BCUT2D eigenvalue weighted by Crippen LogP contribution is -2.18. The molecule has 1 rings (SSSR count). The minimum Gasteiger partial charge on any atom is -0.506 e. The summed E-state index contributed by atoms with van der Waals surface area (Å²) < 4.78 is 30.0. The van der Waals surface area contributed by atoms with E-state index < -0.39 is 26.8 Å². The Morgan fingerprint density at radius 2 is 1.67 bits per heavy atom. The van der Waals surface area contributed by atoms with E-state index in [2.05, 4.69) is 11.5 Å². The number of urea groups is 1. The zero-order valence-corrected chi connectivity index (χ0v) is 10.3. The second-order valence-corrected chi connectivity index (χ2v) is 4.16. The molecule has 2 amide bonds. The van der Waals surface area contributed by atoms with Crippen LogP contribution in [0, 0.1) is 6.92 Å². The average molecular weight is 278 g/mol. The van der Waals surface area contributed by atoms with E-state index in [1.807, 2.05) is 6.79 Å². The summed E-state index contributed by atoms with van der Waals surface area (Å²) in [5, 5.41) is 9.09. The monoisotopic (exact) mass is 278 g/mol. The SMILES string of the molecule is C=O.Cc1cccc(O)c1S(=O)(=O)O.NC(N)=O. The molecule has 0 unspecified atom stereocenters. The molecule has 18 heavy (non-hydrogen) atoms. The average Bonchev–Trinajstić information content (AvgIpc) is 2.17. The molecule has 0 fully saturated rings. The van der Waals surface area contributed by atoms with E-state index in [9.17, 15) is 8.42 Å². The quantitative estimate of drug-likeness (QED) is 0.519. The molecule has 0 bridgehead atoms. The standard InChI is InChI=1S/C7H8O4S.CH4N2O.CH2O/c1-5-3-2-4-6(8)7(5)12(9,10)11;2-1(3)4;1-2/h2-4,8H,1H3,(H,9,10,11);(H4,2,3,4);1H2. The fourth-order valence-electron chi connectivity index (χ4n) is 0.973. The van der Waals surface area contributed by atoms with Crippen LogP contribution in [0.4, 0.5) is 4.79 Å². The Morgan fingerprint density at radius 1 is 1.28 bits per heavy atom. The van der Waals surface area contributed by atoms with Crippen molar-refractivity contribution in [2.75, 3.05) is 0 Å². The van der Waals surface area contributed by atoms with E-state index in [1.54, 1.807) is 0 Å². The van der Waals surface area contributed by atoms with Gasteiger partial charge in [-0.15, -0.1) is 0 Å². The summed E-state index contributed by atoms with van der Waals surface area (Å²) in [5.41, 5.74) is 8.82. The number of amides is 2. The van der Waals surface area contributed by atoms with E-state index in [0.717, 1.165) is 0 Å². The second kappa shape index (κ2) is 8.03. The molecule has 0 saturated carbocycles. The maximum absolute atomic E-state index is 10.7. The van der Waals surface area contributed by atoms with Crippen LogP contribution in [-0.2, 0) is 14.9 Å². The Labute approximate surface area is 104 Å². The van der Waals surface area contributed by atoms with Gasteiger partial charge in [-0.2, -0.15) is 8.42 Å². The molecule has 0 aliphatic carbocycles. The highest BCUT2D eigenvalue weighted by Gasteiger charge is 2.17. The molecule has 0 spiro atoms. The van der Waals surface area contributed by atoms with Crippen molar-refractivity contribution >= 4 is 22.9 Å². The lowest BCUT2D eigenvalue weighted by atomic mass is 10.2. The zero-order valence-electron chi connectivity index (χ0n) is 9.53. The van der Waals surface area contributed by atoms with Crippen LogP contribution in [0.5, 0.6) is 5.75 Å². The van der Waals surface area contributed by atoms with Crippen LogP contribution in [0.25, 0.3) is 0 Å². The molecule has 0 aromatic heterocycles. The minimum absolute atomic E-state index is 0.317. The number of hydrogen-bond donors (Lipinski definition) is 4. The molecule has 6 N–H and O–H groups in total. The summed E-state index contributed by atoms with van der Waals surface area (Å²) in [4.78, 5) is 16.6. The van der Waals surface area contributed by atoms with Crippen molar-refractivity contribution in [1.82, 2.24) is 0 Å². The van der Waals surface area contributed by atoms with E-state index in [1.165, 1.54) is 25.1 Å². The fraction of sp³-hybridized carbons (Fsp3) is 0.111. The lowest BCUT2D eigenvalue weighted by molar-refractivity contribution is -0.0980. The Hall–Kier alpha value is -2.13. The van der Waals surface area contributed by atoms with Crippen LogP contribution >= 0.6 is 0 Å². The van der Waals surface area contributed by atoms with Crippen molar-refractivity contribution in [3.63, 3.8) is 0 Å². The predicted octanol–water partition coefficient (Wildman–Crippen LogP) is -0.214. The molecular weight excluding hydrogens is 264 g/mol. The van der Waals surface area contributed by atoms with E-state index >= 15 is 0 Å². The predicted molar refractivity (Wildman–Crippen MR) is 63.6 cm³/mol. The number of benzene rings is 1. The maximum atomic E-state index is 10.7. The second-order valence-electron chi connectivity index (χ2n) is 2.80. The molecule has 9 heteroatoms. The number of rotatable bonds is 1. The summed E-state index contributed by atoms with van der Waals surface area (Å²) in [6.07, 6.45) is 0. The Balaban J connectivity index is 0. The van der Waals surface area contributed by atoms with Gasteiger partial charge >= 0.3 is 6.03 Å². The van der Waals surface area contributed by atoms with E-state index in [0.29, 0.717) is 5.56 Å². The van der Waals surface area contributed by atoms with Crippen LogP contribution in [-0.4, -0.2) is 30.9 Å². The van der Waals surface area contributed by atoms with Crippen LogP contribution in [0.2, 0.25) is 0 Å². The van der Waals surface area contributed by atoms with Crippen molar-refractivity contribution in [1.29, 1.82) is 0 Å². The van der Waals surface area contributed by atoms with Crippen molar-refractivity contribution in [3.05, 3.63) is 23.8 Å². The first-order valence-electron chi connectivity index (χ1n) is 4.26. The summed E-state index contributed by atoms with van der Waals surface area (Å²) in [6.45, 7) is 3.49. The van der Waals surface area contributed by atoms with Gasteiger partial charge in [-0.3, -0.25) is 4.55 Å². The van der Waals surface area contributed by atoms with Gasteiger partial charge in [0.15, 0.2) is 0 Å². The van der Waals surface area contributed by atoms with Crippen molar-refractivity contribution in [3.8, 4) is 5.75 Å². The molecule has 0 radical (unpaired) electrons. The Morgan fingerprint density at radius 3 is 1.89 bits per heavy atom. The maximum Gasteiger partial charge on any atom is 0.309 e. The van der Waals surface area contributed by atoms with E-state index in [4.69, 9.17) is 19.2 Å². The van der Waals surface area contributed by atoms with Gasteiger partial charge in [0.1, 0.15) is 17.4 Å². The topological polar surface area (TPSA) is 161 Å². The highest BCUT2D eigenvalue weighted by molar-refractivity contribution is 7.86. The number of phenols is 1. The molecular formula is C9H14N2O6S. The van der Waals surface area contributed by atoms with Crippen molar-refractivity contribution in [2.45, 2.75) is 11.8 Å². The van der Waals surface area contributed by atoms with Gasteiger partial charge < -0.3 is 21.4 Å². The first kappa shape index (κ1) is 18.2. The minimum atomic E-state index is -4.31. The van der Waals surface area contributed by atoms with Gasteiger partial charge in [-0.25, -0.2) is 4.79 Å². The number of nitrogens with two attached hydrogens (primary N) is 2. The van der Waals surface area contributed by atoms with Gasteiger partial charge in [0.05, 0.1) is 0 Å². The first-order valence-corrected chi connectivity index (χ1v) is 5.70. The van der Waals surface area contributed by atoms with Crippen LogP contribution < -0.4 is 11.5 Å². The summed E-state index contributed by atoms with van der Waals surface area (Å²) >= 11 is 0. The van der Waals surface area contributed by atoms with Gasteiger partial charge in [0, 0.05) is 0 Å². The number of hydrogen-bond acceptors (Lipinski definition) is 5. The lowest BCUT2D eigenvalue weighted by Gasteiger charge is -2.03. The number of carbonyl (C=O) groups excluding carboxylic acids is 2. The van der Waals surface area contributed by atoms with Gasteiger partial charge in [0.25, 0.3) is 10.1 Å². The molecule has 0 aliphatic heterocycles. The highest BCUT2D eigenvalue weighted by Crippen LogP contribution is 2.24. The summed E-state index contributed by atoms with van der Waals surface area (Å²) in [7, 11) is -4.31. The number of primary amides is 2. The molecule has 1 aromatic carbocycles.